The topological polar surface area (TPSA) is 29.5 Å². The number of piperidine rings is 1. The molecule has 3 nitrogen and oxygen atoms in total. The van der Waals surface area contributed by atoms with Crippen LogP contribution in [0.3, 0.4) is 0 Å². The lowest BCUT2D eigenvalue weighted by Gasteiger charge is -2.28. The molecule has 92 valence electrons. The molecule has 0 bridgehead atoms. The first-order valence-electron chi connectivity index (χ1n) is 5.85. The van der Waals surface area contributed by atoms with Gasteiger partial charge in [0.25, 0.3) is 0 Å². The van der Waals surface area contributed by atoms with Crippen LogP contribution in [0.4, 0.5) is 4.79 Å². The van der Waals surface area contributed by atoms with Gasteiger partial charge < -0.3 is 9.64 Å². The summed E-state index contributed by atoms with van der Waals surface area (Å²) in [7, 11) is 0. The van der Waals surface area contributed by atoms with Crippen LogP contribution < -0.4 is 0 Å². The first-order valence-corrected chi connectivity index (χ1v) is 7.10. The van der Waals surface area contributed by atoms with Crippen LogP contribution in [-0.2, 0) is 11.3 Å². The van der Waals surface area contributed by atoms with Gasteiger partial charge in [0.05, 0.1) is 0 Å². The quantitative estimate of drug-likeness (QED) is 0.609. The van der Waals surface area contributed by atoms with Crippen molar-refractivity contribution in [3.05, 3.63) is 35.9 Å². The van der Waals surface area contributed by atoms with Crippen LogP contribution in [0, 0.1) is 0 Å². The first kappa shape index (κ1) is 12.7. The molecule has 17 heavy (non-hydrogen) atoms. The van der Waals surface area contributed by atoms with Crippen molar-refractivity contribution in [1.82, 2.24) is 4.90 Å². The standard InChI is InChI=1S/C13H16INO2/c14-12-6-8-15(9-7-12)13(16)17-10-11-4-2-1-3-5-11/h1-5,12H,6-10H2. The molecular formula is C13H16INO2. The number of nitrogens with zero attached hydrogens (tertiary/aromatic N) is 1. The number of ether oxygens (including phenoxy) is 1. The van der Waals surface area contributed by atoms with E-state index in [4.69, 9.17) is 4.74 Å². The van der Waals surface area contributed by atoms with Crippen LogP contribution in [0.5, 0.6) is 0 Å². The maximum atomic E-state index is 11.8. The van der Waals surface area contributed by atoms with E-state index in [0.717, 1.165) is 31.5 Å². The van der Waals surface area contributed by atoms with E-state index in [0.29, 0.717) is 10.5 Å². The van der Waals surface area contributed by atoms with Gasteiger partial charge in [-0.05, 0) is 18.4 Å². The molecule has 4 heteroatoms. The summed E-state index contributed by atoms with van der Waals surface area (Å²) < 4.78 is 5.99. The van der Waals surface area contributed by atoms with Gasteiger partial charge in [0, 0.05) is 17.0 Å². The fourth-order valence-electron chi connectivity index (χ4n) is 1.84. The summed E-state index contributed by atoms with van der Waals surface area (Å²) in [5, 5.41) is 0. The molecule has 0 radical (unpaired) electrons. The Labute approximate surface area is 115 Å². The maximum absolute atomic E-state index is 11.8. The second-order valence-corrected chi connectivity index (χ2v) is 5.96. The van der Waals surface area contributed by atoms with E-state index in [2.05, 4.69) is 22.6 Å². The third kappa shape index (κ3) is 3.87. The molecule has 1 amide bonds. The van der Waals surface area contributed by atoms with Crippen molar-refractivity contribution in [1.29, 1.82) is 0 Å². The van der Waals surface area contributed by atoms with Gasteiger partial charge in [0.1, 0.15) is 6.61 Å². The van der Waals surface area contributed by atoms with Gasteiger partial charge in [-0.15, -0.1) is 0 Å². The Morgan fingerprint density at radius 2 is 1.94 bits per heavy atom. The summed E-state index contributed by atoms with van der Waals surface area (Å²) >= 11 is 2.44. The van der Waals surface area contributed by atoms with Crippen molar-refractivity contribution < 1.29 is 9.53 Å². The summed E-state index contributed by atoms with van der Waals surface area (Å²) in [6.45, 7) is 2.01. The lowest BCUT2D eigenvalue weighted by molar-refractivity contribution is 0.0905. The smallest absolute Gasteiger partial charge is 0.410 e. The first-order chi connectivity index (χ1) is 8.25. The van der Waals surface area contributed by atoms with E-state index >= 15 is 0 Å². The molecule has 1 aliphatic rings. The molecule has 1 aromatic rings. The van der Waals surface area contributed by atoms with E-state index in [9.17, 15) is 4.79 Å². The molecule has 0 unspecified atom stereocenters. The number of halogens is 1. The van der Waals surface area contributed by atoms with Crippen LogP contribution in [0.25, 0.3) is 0 Å². The minimum Gasteiger partial charge on any atom is -0.445 e. The summed E-state index contributed by atoms with van der Waals surface area (Å²) in [5.41, 5.74) is 1.03. The SMILES string of the molecule is O=C(OCc1ccccc1)N1CCC(I)CC1. The fraction of sp³-hybridized carbons (Fsp3) is 0.462. The number of carbonyl (C=O) groups is 1. The molecule has 0 aromatic heterocycles. The van der Waals surface area contributed by atoms with E-state index in [1.807, 2.05) is 30.3 Å². The normalized spacial score (nSPS) is 16.9. The van der Waals surface area contributed by atoms with Crippen LogP contribution in [0.15, 0.2) is 30.3 Å². The highest BCUT2D eigenvalue weighted by Crippen LogP contribution is 2.18. The van der Waals surface area contributed by atoms with Crippen molar-refractivity contribution in [3.8, 4) is 0 Å². The zero-order valence-electron chi connectivity index (χ0n) is 9.64. The molecule has 1 heterocycles. The molecule has 2 rings (SSSR count). The second kappa shape index (κ2) is 6.23. The molecule has 0 saturated carbocycles. The lowest BCUT2D eigenvalue weighted by Crippen LogP contribution is -2.38. The predicted molar refractivity (Wildman–Crippen MR) is 75.2 cm³/mol. The van der Waals surface area contributed by atoms with Crippen LogP contribution in [-0.4, -0.2) is 28.0 Å². The molecule has 0 N–H and O–H groups in total. The van der Waals surface area contributed by atoms with Crippen LogP contribution >= 0.6 is 22.6 Å². The Kier molecular flexibility index (Phi) is 4.65. The highest BCUT2D eigenvalue weighted by molar-refractivity contribution is 14.1. The van der Waals surface area contributed by atoms with E-state index in [1.165, 1.54) is 0 Å². The number of alkyl halides is 1. The van der Waals surface area contributed by atoms with Crippen molar-refractivity contribution in [3.63, 3.8) is 0 Å². The van der Waals surface area contributed by atoms with Gasteiger partial charge in [-0.3, -0.25) is 0 Å². The summed E-state index contributed by atoms with van der Waals surface area (Å²) in [5.74, 6) is 0. The molecule has 0 atom stereocenters. The number of amides is 1. The number of rotatable bonds is 2. The average molecular weight is 345 g/mol. The Morgan fingerprint density at radius 3 is 2.59 bits per heavy atom. The van der Waals surface area contributed by atoms with E-state index < -0.39 is 0 Å². The monoisotopic (exact) mass is 345 g/mol. The summed E-state index contributed by atoms with van der Waals surface area (Å²) in [6.07, 6.45) is 1.96. The lowest BCUT2D eigenvalue weighted by atomic mass is 10.1. The molecule has 1 aromatic carbocycles. The summed E-state index contributed by atoms with van der Waals surface area (Å²) in [4.78, 5) is 13.6. The number of hydrogen-bond acceptors (Lipinski definition) is 2. The van der Waals surface area contributed by atoms with Crippen molar-refractivity contribution in [2.24, 2.45) is 0 Å². The van der Waals surface area contributed by atoms with Crippen LogP contribution in [0.1, 0.15) is 18.4 Å². The maximum Gasteiger partial charge on any atom is 0.410 e. The Balaban J connectivity index is 1.78. The van der Waals surface area contributed by atoms with Gasteiger partial charge >= 0.3 is 6.09 Å². The number of hydrogen-bond donors (Lipinski definition) is 0. The average Bonchev–Trinajstić information content (AvgIpc) is 2.38. The molecule has 1 fully saturated rings. The summed E-state index contributed by atoms with van der Waals surface area (Å²) in [6, 6.07) is 9.78. The zero-order valence-corrected chi connectivity index (χ0v) is 11.8. The van der Waals surface area contributed by atoms with Gasteiger partial charge in [0.15, 0.2) is 0 Å². The highest BCUT2D eigenvalue weighted by atomic mass is 127. The van der Waals surface area contributed by atoms with E-state index in [1.54, 1.807) is 4.90 Å². The minimum absolute atomic E-state index is 0.183. The molecule has 1 saturated heterocycles. The molecular weight excluding hydrogens is 329 g/mol. The fourth-order valence-corrected chi connectivity index (χ4v) is 2.40. The second-order valence-electron chi connectivity index (χ2n) is 4.20. The Hall–Kier alpha value is -0.780. The molecule has 1 aliphatic heterocycles. The van der Waals surface area contributed by atoms with Crippen molar-refractivity contribution >= 4 is 28.7 Å². The number of likely N-dealkylation sites (tertiary alicyclic amines) is 1. The third-order valence-corrected chi connectivity index (χ3v) is 4.13. The molecule has 0 aliphatic carbocycles. The zero-order chi connectivity index (χ0) is 12.1. The number of carbonyl (C=O) groups excluding carboxylic acids is 1. The predicted octanol–water partition coefficient (Wildman–Crippen LogP) is 3.22. The van der Waals surface area contributed by atoms with Gasteiger partial charge in [-0.25, -0.2) is 4.79 Å². The largest absolute Gasteiger partial charge is 0.445 e. The Morgan fingerprint density at radius 1 is 1.29 bits per heavy atom. The Bertz CT molecular complexity index is 361. The van der Waals surface area contributed by atoms with Gasteiger partial charge in [-0.2, -0.15) is 0 Å². The van der Waals surface area contributed by atoms with Crippen LogP contribution in [0.2, 0.25) is 0 Å². The highest BCUT2D eigenvalue weighted by Gasteiger charge is 2.21. The van der Waals surface area contributed by atoms with E-state index in [-0.39, 0.29) is 6.09 Å². The minimum atomic E-state index is -0.183. The van der Waals surface area contributed by atoms with Crippen molar-refractivity contribution in [2.75, 3.05) is 13.1 Å². The third-order valence-electron chi connectivity index (χ3n) is 2.89. The number of benzene rings is 1. The molecule has 0 spiro atoms. The van der Waals surface area contributed by atoms with Crippen molar-refractivity contribution in [2.45, 2.75) is 23.4 Å². The van der Waals surface area contributed by atoms with Gasteiger partial charge in [-0.1, -0.05) is 52.9 Å². The van der Waals surface area contributed by atoms with Gasteiger partial charge in [0.2, 0.25) is 0 Å².